The highest BCUT2D eigenvalue weighted by molar-refractivity contribution is 5.18. The molecule has 1 aliphatic rings. The van der Waals surface area contributed by atoms with Crippen LogP contribution in [0.3, 0.4) is 0 Å². The highest BCUT2D eigenvalue weighted by atomic mass is 19.1. The molecule has 2 unspecified atom stereocenters. The summed E-state index contributed by atoms with van der Waals surface area (Å²) in [4.78, 5) is 2.32. The number of hydrogen-bond acceptors (Lipinski definition) is 2. The Balaban J connectivity index is 1.90. The molecule has 0 bridgehead atoms. The van der Waals surface area contributed by atoms with E-state index < -0.39 is 6.10 Å². The Bertz CT molecular complexity index is 365. The summed E-state index contributed by atoms with van der Waals surface area (Å²) >= 11 is 0. The van der Waals surface area contributed by atoms with Crippen molar-refractivity contribution in [3.05, 3.63) is 35.6 Å². The fourth-order valence-corrected chi connectivity index (χ4v) is 2.54. The molecule has 1 aromatic carbocycles. The molecule has 2 nitrogen and oxygen atoms in total. The smallest absolute Gasteiger partial charge is 0.123 e. The molecule has 0 amide bonds. The first-order valence-electron chi connectivity index (χ1n) is 6.81. The number of hydrogen-bond donors (Lipinski definition) is 1. The van der Waals surface area contributed by atoms with E-state index in [4.69, 9.17) is 0 Å². The lowest BCUT2D eigenvalue weighted by Gasteiger charge is -2.23. The number of aliphatic hydroxyl groups excluding tert-OH is 1. The van der Waals surface area contributed by atoms with Gasteiger partial charge in [-0.15, -0.1) is 0 Å². The maximum Gasteiger partial charge on any atom is 0.123 e. The molecule has 2 rings (SSSR count). The van der Waals surface area contributed by atoms with Gasteiger partial charge in [-0.2, -0.15) is 0 Å². The Labute approximate surface area is 108 Å². The molecule has 18 heavy (non-hydrogen) atoms. The van der Waals surface area contributed by atoms with Crippen LogP contribution in [-0.2, 0) is 0 Å². The molecule has 1 aromatic rings. The maximum absolute atomic E-state index is 12.8. The van der Waals surface area contributed by atoms with Crippen LogP contribution in [0.15, 0.2) is 24.3 Å². The Morgan fingerprint density at radius 3 is 2.72 bits per heavy atom. The summed E-state index contributed by atoms with van der Waals surface area (Å²) in [6.45, 7) is 5.06. The molecule has 0 radical (unpaired) electrons. The van der Waals surface area contributed by atoms with Gasteiger partial charge in [0.25, 0.3) is 0 Å². The van der Waals surface area contributed by atoms with E-state index in [1.165, 1.54) is 31.4 Å². The second-order valence-corrected chi connectivity index (χ2v) is 5.40. The third-order valence-corrected chi connectivity index (χ3v) is 3.80. The summed E-state index contributed by atoms with van der Waals surface area (Å²) in [6.07, 6.45) is 3.18. The van der Waals surface area contributed by atoms with Crippen molar-refractivity contribution in [1.29, 1.82) is 0 Å². The molecule has 0 saturated carbocycles. The van der Waals surface area contributed by atoms with Crippen molar-refractivity contribution in [2.75, 3.05) is 19.6 Å². The van der Waals surface area contributed by atoms with Crippen molar-refractivity contribution < 1.29 is 9.50 Å². The van der Waals surface area contributed by atoms with Crippen LogP contribution < -0.4 is 0 Å². The molecule has 1 N–H and O–H groups in total. The van der Waals surface area contributed by atoms with E-state index in [-0.39, 0.29) is 5.82 Å². The highest BCUT2D eigenvalue weighted by Crippen LogP contribution is 2.20. The molecular weight excluding hydrogens is 229 g/mol. The van der Waals surface area contributed by atoms with Crippen LogP contribution in [-0.4, -0.2) is 29.6 Å². The largest absolute Gasteiger partial charge is 0.387 e. The summed E-state index contributed by atoms with van der Waals surface area (Å²) in [5.41, 5.74) is 0.800. The Kier molecular flexibility index (Phi) is 4.72. The standard InChI is InChI=1S/C15H22FNO/c1-12-3-2-9-17(10-8-12)11-15(18)13-4-6-14(16)7-5-13/h4-7,12,15,18H,2-3,8-11H2,1H3. The van der Waals surface area contributed by atoms with Gasteiger partial charge in [0.1, 0.15) is 5.82 Å². The van der Waals surface area contributed by atoms with Crippen LogP contribution in [0, 0.1) is 11.7 Å². The van der Waals surface area contributed by atoms with Crippen LogP contribution in [0.5, 0.6) is 0 Å². The number of rotatable bonds is 3. The average Bonchev–Trinajstić information content (AvgIpc) is 2.55. The van der Waals surface area contributed by atoms with E-state index in [1.54, 1.807) is 12.1 Å². The molecular formula is C15H22FNO. The van der Waals surface area contributed by atoms with Gasteiger partial charge in [0, 0.05) is 6.54 Å². The van der Waals surface area contributed by atoms with Crippen LogP contribution >= 0.6 is 0 Å². The van der Waals surface area contributed by atoms with Crippen molar-refractivity contribution in [2.24, 2.45) is 5.92 Å². The highest BCUT2D eigenvalue weighted by Gasteiger charge is 2.17. The molecule has 1 saturated heterocycles. The topological polar surface area (TPSA) is 23.5 Å². The van der Waals surface area contributed by atoms with Crippen LogP contribution in [0.25, 0.3) is 0 Å². The van der Waals surface area contributed by atoms with Crippen molar-refractivity contribution in [3.63, 3.8) is 0 Å². The zero-order valence-corrected chi connectivity index (χ0v) is 11.0. The molecule has 0 aromatic heterocycles. The number of aliphatic hydroxyl groups is 1. The maximum atomic E-state index is 12.8. The lowest BCUT2D eigenvalue weighted by Crippen LogP contribution is -2.29. The van der Waals surface area contributed by atoms with E-state index in [2.05, 4.69) is 11.8 Å². The van der Waals surface area contributed by atoms with Gasteiger partial charge in [0.05, 0.1) is 6.10 Å². The number of halogens is 1. The minimum Gasteiger partial charge on any atom is -0.387 e. The van der Waals surface area contributed by atoms with Crippen molar-refractivity contribution in [2.45, 2.75) is 32.3 Å². The summed E-state index contributed by atoms with van der Waals surface area (Å²) < 4.78 is 12.8. The second kappa shape index (κ2) is 6.30. The molecule has 3 heteroatoms. The summed E-state index contributed by atoms with van der Waals surface area (Å²) in [5.74, 6) is 0.535. The summed E-state index contributed by atoms with van der Waals surface area (Å²) in [5, 5.41) is 10.2. The van der Waals surface area contributed by atoms with Crippen molar-refractivity contribution >= 4 is 0 Å². The minimum absolute atomic E-state index is 0.255. The van der Waals surface area contributed by atoms with E-state index >= 15 is 0 Å². The van der Waals surface area contributed by atoms with E-state index in [0.29, 0.717) is 6.54 Å². The second-order valence-electron chi connectivity index (χ2n) is 5.40. The van der Waals surface area contributed by atoms with Crippen LogP contribution in [0.2, 0.25) is 0 Å². The first-order valence-corrected chi connectivity index (χ1v) is 6.81. The number of nitrogens with zero attached hydrogens (tertiary/aromatic N) is 1. The molecule has 1 aliphatic heterocycles. The zero-order chi connectivity index (χ0) is 13.0. The monoisotopic (exact) mass is 251 g/mol. The average molecular weight is 251 g/mol. The number of likely N-dealkylation sites (tertiary alicyclic amines) is 1. The van der Waals surface area contributed by atoms with Gasteiger partial charge in [-0.25, -0.2) is 4.39 Å². The third kappa shape index (κ3) is 3.79. The van der Waals surface area contributed by atoms with Gasteiger partial charge in [0.15, 0.2) is 0 Å². The summed E-state index contributed by atoms with van der Waals surface area (Å²) in [7, 11) is 0. The van der Waals surface area contributed by atoms with Gasteiger partial charge in [-0.05, 0) is 56.0 Å². The zero-order valence-electron chi connectivity index (χ0n) is 11.0. The van der Waals surface area contributed by atoms with Crippen molar-refractivity contribution in [3.8, 4) is 0 Å². The lowest BCUT2D eigenvalue weighted by molar-refractivity contribution is 0.114. The van der Waals surface area contributed by atoms with Crippen molar-refractivity contribution in [1.82, 2.24) is 4.90 Å². The van der Waals surface area contributed by atoms with E-state index in [1.807, 2.05) is 0 Å². The lowest BCUT2D eigenvalue weighted by atomic mass is 10.0. The van der Waals surface area contributed by atoms with Gasteiger partial charge in [-0.3, -0.25) is 0 Å². The first-order chi connectivity index (χ1) is 8.65. The molecule has 0 spiro atoms. The van der Waals surface area contributed by atoms with Crippen LogP contribution in [0.4, 0.5) is 4.39 Å². The van der Waals surface area contributed by atoms with Gasteiger partial charge >= 0.3 is 0 Å². The predicted molar refractivity (Wildman–Crippen MR) is 70.8 cm³/mol. The normalized spacial score (nSPS) is 23.6. The van der Waals surface area contributed by atoms with E-state index in [9.17, 15) is 9.50 Å². The quantitative estimate of drug-likeness (QED) is 0.892. The fourth-order valence-electron chi connectivity index (χ4n) is 2.54. The van der Waals surface area contributed by atoms with Gasteiger partial charge in [-0.1, -0.05) is 19.1 Å². The Morgan fingerprint density at radius 2 is 2.00 bits per heavy atom. The number of β-amino-alcohol motifs (C(OH)–C–C–N with tert-alkyl or cyclic N) is 1. The third-order valence-electron chi connectivity index (χ3n) is 3.80. The number of benzene rings is 1. The summed E-state index contributed by atoms with van der Waals surface area (Å²) in [6, 6.07) is 6.15. The molecule has 0 aliphatic carbocycles. The molecule has 1 fully saturated rings. The molecule has 2 atom stereocenters. The molecule has 1 heterocycles. The SMILES string of the molecule is CC1CCCN(CC(O)c2ccc(F)cc2)CC1. The first kappa shape index (κ1) is 13.5. The Hall–Kier alpha value is -0.930. The predicted octanol–water partition coefficient (Wildman–Crippen LogP) is 2.98. The fraction of sp³-hybridized carbons (Fsp3) is 0.600. The van der Waals surface area contributed by atoms with Gasteiger partial charge < -0.3 is 10.0 Å². The van der Waals surface area contributed by atoms with Crippen LogP contribution in [0.1, 0.15) is 37.9 Å². The van der Waals surface area contributed by atoms with Gasteiger partial charge in [0.2, 0.25) is 0 Å². The van der Waals surface area contributed by atoms with E-state index in [0.717, 1.165) is 24.6 Å². The molecule has 100 valence electrons. The minimum atomic E-state index is -0.515. The Morgan fingerprint density at radius 1 is 1.28 bits per heavy atom.